The number of carbonyl (C=O) groups excluding carboxylic acids is 2. The van der Waals surface area contributed by atoms with Crippen LogP contribution in [0.5, 0.6) is 5.75 Å². The average molecular weight is 413 g/mol. The Morgan fingerprint density at radius 1 is 1.07 bits per heavy atom. The first-order chi connectivity index (χ1) is 14.3. The van der Waals surface area contributed by atoms with Crippen molar-refractivity contribution in [2.75, 3.05) is 7.11 Å². The highest BCUT2D eigenvalue weighted by Crippen LogP contribution is 2.78. The molecule has 0 N–H and O–H groups in total. The Morgan fingerprint density at radius 2 is 1.87 bits per heavy atom. The SMILES string of the molecule is COc1ccc2c(c1)CC[C@@H]1[C@@H]2CC[C@@]2(C)[C@]13CC[C@]2(OC(C)=O)[C@H](OC(C)=O)C3. The first-order valence-corrected chi connectivity index (χ1v) is 11.3. The van der Waals surface area contributed by atoms with Gasteiger partial charge < -0.3 is 14.2 Å². The van der Waals surface area contributed by atoms with E-state index < -0.39 is 5.60 Å². The summed E-state index contributed by atoms with van der Waals surface area (Å²) in [6.45, 7) is 5.26. The lowest BCUT2D eigenvalue weighted by molar-refractivity contribution is -0.197. The van der Waals surface area contributed by atoms with Crippen LogP contribution in [0.3, 0.4) is 0 Å². The van der Waals surface area contributed by atoms with Gasteiger partial charge in [0.05, 0.1) is 7.11 Å². The van der Waals surface area contributed by atoms with Gasteiger partial charge in [0.2, 0.25) is 0 Å². The zero-order chi connectivity index (χ0) is 21.3. The Balaban J connectivity index is 1.57. The third-order valence-electron chi connectivity index (χ3n) is 9.30. The smallest absolute Gasteiger partial charge is 0.303 e. The van der Waals surface area contributed by atoms with Gasteiger partial charge in [-0.05, 0) is 85.5 Å². The van der Waals surface area contributed by atoms with Crippen molar-refractivity contribution in [3.05, 3.63) is 29.3 Å². The zero-order valence-corrected chi connectivity index (χ0v) is 18.5. The second-order valence-corrected chi connectivity index (χ2v) is 10.1. The number of rotatable bonds is 3. The molecule has 1 aromatic rings. The monoisotopic (exact) mass is 412 g/mol. The third kappa shape index (κ3) is 2.35. The highest BCUT2D eigenvalue weighted by Gasteiger charge is 2.79. The van der Waals surface area contributed by atoms with Crippen LogP contribution in [-0.4, -0.2) is 30.8 Å². The molecule has 0 amide bonds. The molecule has 3 fully saturated rings. The first kappa shape index (κ1) is 19.9. The number of methoxy groups -OCH3 is 1. The number of esters is 2. The van der Waals surface area contributed by atoms with Gasteiger partial charge in [-0.2, -0.15) is 0 Å². The molecule has 5 rings (SSSR count). The number of hydrogen-bond donors (Lipinski definition) is 0. The fraction of sp³-hybridized carbons (Fsp3) is 0.680. The molecule has 5 heteroatoms. The molecule has 30 heavy (non-hydrogen) atoms. The molecule has 0 aliphatic heterocycles. The van der Waals surface area contributed by atoms with Crippen molar-refractivity contribution in [3.63, 3.8) is 0 Å². The van der Waals surface area contributed by atoms with E-state index in [4.69, 9.17) is 14.2 Å². The van der Waals surface area contributed by atoms with Crippen LogP contribution in [0, 0.1) is 16.7 Å². The van der Waals surface area contributed by atoms with Crippen LogP contribution in [0.1, 0.15) is 76.3 Å². The molecule has 3 saturated carbocycles. The molecule has 0 unspecified atom stereocenters. The maximum Gasteiger partial charge on any atom is 0.303 e. The van der Waals surface area contributed by atoms with E-state index in [0.717, 1.165) is 50.7 Å². The van der Waals surface area contributed by atoms with Crippen molar-refractivity contribution in [1.82, 2.24) is 0 Å². The molecule has 0 radical (unpaired) electrons. The minimum Gasteiger partial charge on any atom is -0.497 e. The number of fused-ring (bicyclic) bond motifs is 3. The molecule has 6 atom stereocenters. The van der Waals surface area contributed by atoms with E-state index in [1.165, 1.54) is 25.0 Å². The van der Waals surface area contributed by atoms with Gasteiger partial charge in [0.25, 0.3) is 0 Å². The van der Waals surface area contributed by atoms with E-state index in [0.29, 0.717) is 11.8 Å². The van der Waals surface area contributed by atoms with E-state index in [1.54, 1.807) is 7.11 Å². The van der Waals surface area contributed by atoms with Crippen molar-refractivity contribution >= 4 is 11.9 Å². The Morgan fingerprint density at radius 3 is 2.57 bits per heavy atom. The molecular weight excluding hydrogens is 380 g/mol. The summed E-state index contributed by atoms with van der Waals surface area (Å²) in [5, 5.41) is 0. The molecule has 4 aliphatic rings. The van der Waals surface area contributed by atoms with Gasteiger partial charge in [0, 0.05) is 19.3 Å². The molecule has 2 bridgehead atoms. The minimum absolute atomic E-state index is 0.0447. The summed E-state index contributed by atoms with van der Waals surface area (Å²) in [7, 11) is 1.72. The zero-order valence-electron chi connectivity index (χ0n) is 18.5. The van der Waals surface area contributed by atoms with Crippen LogP contribution in [0.15, 0.2) is 18.2 Å². The minimum atomic E-state index is -0.685. The second kappa shape index (κ2) is 6.48. The summed E-state index contributed by atoms with van der Waals surface area (Å²) in [5.41, 5.74) is 2.08. The van der Waals surface area contributed by atoms with E-state index in [-0.39, 0.29) is 28.9 Å². The number of ether oxygens (including phenoxy) is 3. The van der Waals surface area contributed by atoms with Gasteiger partial charge in [-0.1, -0.05) is 13.0 Å². The standard InChI is InChI=1S/C25H32O5/c1-15(26)29-22-14-24-11-12-25(22,30-16(2)27)23(24,3)10-9-20-19-7-6-18(28-4)13-17(19)5-8-21(20)24/h6-7,13,20-22H,5,8-12,14H2,1-4H3/t20-,21-,22-,23+,24+,25+/m1/s1. The van der Waals surface area contributed by atoms with E-state index in [9.17, 15) is 9.59 Å². The average Bonchev–Trinajstić information content (AvgIpc) is 3.06. The topological polar surface area (TPSA) is 61.8 Å². The lowest BCUT2D eigenvalue weighted by atomic mass is 9.48. The molecule has 0 spiro atoms. The predicted octanol–water partition coefficient (Wildman–Crippen LogP) is 4.56. The van der Waals surface area contributed by atoms with Crippen molar-refractivity contribution in [2.45, 2.75) is 83.3 Å². The van der Waals surface area contributed by atoms with Gasteiger partial charge in [-0.25, -0.2) is 0 Å². The summed E-state index contributed by atoms with van der Waals surface area (Å²) >= 11 is 0. The van der Waals surface area contributed by atoms with Gasteiger partial charge in [-0.3, -0.25) is 9.59 Å². The Kier molecular flexibility index (Phi) is 4.30. The highest BCUT2D eigenvalue weighted by molar-refractivity contribution is 5.68. The molecular formula is C25H32O5. The maximum absolute atomic E-state index is 12.2. The van der Waals surface area contributed by atoms with Crippen LogP contribution in [0.2, 0.25) is 0 Å². The lowest BCUT2D eigenvalue weighted by Crippen LogP contribution is -2.55. The Bertz CT molecular complexity index is 909. The molecule has 162 valence electrons. The summed E-state index contributed by atoms with van der Waals surface area (Å²) in [6.07, 6.45) is 6.55. The van der Waals surface area contributed by atoms with Crippen LogP contribution in [-0.2, 0) is 25.5 Å². The summed E-state index contributed by atoms with van der Waals surface area (Å²) in [6, 6.07) is 6.54. The molecule has 5 nitrogen and oxygen atoms in total. The van der Waals surface area contributed by atoms with Crippen molar-refractivity contribution < 1.29 is 23.8 Å². The quantitative estimate of drug-likeness (QED) is 0.681. The van der Waals surface area contributed by atoms with E-state index in [1.807, 2.05) is 0 Å². The Hall–Kier alpha value is -2.04. The van der Waals surface area contributed by atoms with Crippen LogP contribution >= 0.6 is 0 Å². The number of aryl methyl sites for hydroxylation is 1. The number of carbonyl (C=O) groups is 2. The van der Waals surface area contributed by atoms with Crippen molar-refractivity contribution in [1.29, 1.82) is 0 Å². The molecule has 4 aliphatic carbocycles. The fourth-order valence-electron chi connectivity index (χ4n) is 8.23. The van der Waals surface area contributed by atoms with Gasteiger partial charge in [-0.15, -0.1) is 0 Å². The maximum atomic E-state index is 12.2. The molecule has 0 heterocycles. The van der Waals surface area contributed by atoms with Crippen molar-refractivity contribution in [2.24, 2.45) is 16.7 Å². The molecule has 0 saturated heterocycles. The normalized spacial score (nSPS) is 40.7. The summed E-state index contributed by atoms with van der Waals surface area (Å²) < 4.78 is 17.4. The molecule has 1 aromatic carbocycles. The second-order valence-electron chi connectivity index (χ2n) is 10.1. The van der Waals surface area contributed by atoms with Crippen LogP contribution in [0.25, 0.3) is 0 Å². The van der Waals surface area contributed by atoms with Crippen LogP contribution in [0.4, 0.5) is 0 Å². The third-order valence-corrected chi connectivity index (χ3v) is 9.30. The predicted molar refractivity (Wildman–Crippen MR) is 111 cm³/mol. The van der Waals surface area contributed by atoms with Gasteiger partial charge in [0.1, 0.15) is 11.9 Å². The van der Waals surface area contributed by atoms with Crippen LogP contribution < -0.4 is 4.74 Å². The fourth-order valence-corrected chi connectivity index (χ4v) is 8.23. The van der Waals surface area contributed by atoms with Gasteiger partial charge in [0.15, 0.2) is 5.60 Å². The lowest BCUT2D eigenvalue weighted by Gasteiger charge is -2.56. The number of benzene rings is 1. The first-order valence-electron chi connectivity index (χ1n) is 11.3. The van der Waals surface area contributed by atoms with E-state index in [2.05, 4.69) is 25.1 Å². The van der Waals surface area contributed by atoms with E-state index >= 15 is 0 Å². The Labute approximate surface area is 178 Å². The summed E-state index contributed by atoms with van der Waals surface area (Å²) in [5.74, 6) is 1.41. The largest absolute Gasteiger partial charge is 0.497 e. The molecule has 0 aromatic heterocycles. The highest BCUT2D eigenvalue weighted by atomic mass is 16.6. The number of hydrogen-bond acceptors (Lipinski definition) is 5. The van der Waals surface area contributed by atoms with Crippen molar-refractivity contribution in [3.8, 4) is 5.75 Å². The summed E-state index contributed by atoms with van der Waals surface area (Å²) in [4.78, 5) is 24.1. The van der Waals surface area contributed by atoms with Gasteiger partial charge >= 0.3 is 11.9 Å².